The fourth-order valence-corrected chi connectivity index (χ4v) is 3.47. The van der Waals surface area contributed by atoms with E-state index in [0.717, 1.165) is 31.3 Å². The summed E-state index contributed by atoms with van der Waals surface area (Å²) in [6, 6.07) is 16.2. The van der Waals surface area contributed by atoms with Gasteiger partial charge in [0.2, 0.25) is 0 Å². The summed E-state index contributed by atoms with van der Waals surface area (Å²) in [7, 11) is 0. The molecule has 0 fully saturated rings. The second kappa shape index (κ2) is 5.74. The van der Waals surface area contributed by atoms with Crippen LogP contribution in [0.1, 0.15) is 11.7 Å². The van der Waals surface area contributed by atoms with Crippen molar-refractivity contribution in [2.24, 2.45) is 19.4 Å². The maximum absolute atomic E-state index is 5.81. The van der Waals surface area contributed by atoms with Gasteiger partial charge < -0.3 is 0 Å². The molecule has 3 aromatic rings. The zero-order valence-corrected chi connectivity index (χ0v) is 13.5. The number of rotatable bonds is 3. The number of nitrogens with one attached hydrogen (secondary N) is 1. The number of benzene rings is 2. The van der Waals surface area contributed by atoms with E-state index in [1.807, 2.05) is 42.5 Å². The third kappa shape index (κ3) is 2.94. The summed E-state index contributed by atoms with van der Waals surface area (Å²) >= 11 is -1.89. The molecule has 9 N–H and O–H groups in total. The first-order valence-electron chi connectivity index (χ1n) is 6.47. The molecule has 0 saturated carbocycles. The van der Waals surface area contributed by atoms with E-state index in [4.69, 9.17) is 19.4 Å². The second-order valence-electron chi connectivity index (χ2n) is 4.91. The fraction of sp³-hybridized carbons (Fsp3) is 0.0667. The monoisotopic (exact) mass is 395 g/mol. The predicted octanol–water partition coefficient (Wildman–Crippen LogP) is 2.17. The van der Waals surface area contributed by atoms with Gasteiger partial charge in [-0.1, -0.05) is 0 Å². The molecule has 2 aromatic carbocycles. The van der Waals surface area contributed by atoms with E-state index in [0.29, 0.717) is 0 Å². The molecule has 5 nitrogen and oxygen atoms in total. The van der Waals surface area contributed by atoms with Crippen molar-refractivity contribution in [2.75, 3.05) is 0 Å². The van der Waals surface area contributed by atoms with Crippen LogP contribution < -0.4 is 19.4 Å². The standard InChI is InChI=1S/C15H18IN5/c17-15(18)11-2-1-10-7-13(21-14(10)8-11)9-3-5-12(6-4-9)16(19)20/h1-8,15,21H,17-20H2. The molecule has 0 radical (unpaired) electrons. The van der Waals surface area contributed by atoms with Crippen LogP contribution in [0.2, 0.25) is 0 Å². The Hall–Kier alpha value is -1.45. The average molecular weight is 395 g/mol. The van der Waals surface area contributed by atoms with Gasteiger partial charge >= 0.3 is 131 Å². The van der Waals surface area contributed by atoms with Crippen molar-refractivity contribution in [3.8, 4) is 11.3 Å². The SMILES string of the molecule is NC(N)c1ccc2cc(-c3ccc(I(N)N)cc3)[nH]c2c1. The predicted molar refractivity (Wildman–Crippen MR) is 95.9 cm³/mol. The van der Waals surface area contributed by atoms with Crippen molar-refractivity contribution < 1.29 is 0 Å². The number of fused-ring (bicyclic) bond motifs is 1. The third-order valence-corrected chi connectivity index (χ3v) is 5.60. The molecule has 3 rings (SSSR count). The summed E-state index contributed by atoms with van der Waals surface area (Å²) in [6.07, 6.45) is -0.461. The van der Waals surface area contributed by atoms with Gasteiger partial charge in [-0.15, -0.1) is 0 Å². The Labute approximate surface area is 130 Å². The Morgan fingerprint density at radius 1 is 0.905 bits per heavy atom. The number of nitrogens with two attached hydrogens (primary N) is 4. The van der Waals surface area contributed by atoms with Gasteiger partial charge in [0.25, 0.3) is 0 Å². The second-order valence-corrected chi connectivity index (χ2v) is 8.12. The zero-order chi connectivity index (χ0) is 15.0. The number of aromatic nitrogens is 1. The Morgan fingerprint density at radius 2 is 1.62 bits per heavy atom. The summed E-state index contributed by atoms with van der Waals surface area (Å²) in [5, 5.41) is 1.13. The Morgan fingerprint density at radius 3 is 2.24 bits per heavy atom. The van der Waals surface area contributed by atoms with Crippen molar-refractivity contribution >= 4 is 31.3 Å². The molecule has 0 atom stereocenters. The van der Waals surface area contributed by atoms with Gasteiger partial charge in [0.05, 0.1) is 0 Å². The molecule has 21 heavy (non-hydrogen) atoms. The van der Waals surface area contributed by atoms with Crippen LogP contribution in [-0.2, 0) is 0 Å². The van der Waals surface area contributed by atoms with Gasteiger partial charge in [-0.3, -0.25) is 0 Å². The number of hydrogen-bond donors (Lipinski definition) is 5. The van der Waals surface area contributed by atoms with Crippen molar-refractivity contribution in [2.45, 2.75) is 6.17 Å². The van der Waals surface area contributed by atoms with Crippen molar-refractivity contribution in [3.63, 3.8) is 0 Å². The van der Waals surface area contributed by atoms with E-state index in [9.17, 15) is 0 Å². The van der Waals surface area contributed by atoms with Crippen LogP contribution in [-0.4, -0.2) is 4.98 Å². The molecule has 6 heteroatoms. The normalized spacial score (nSPS) is 12.1. The summed E-state index contributed by atoms with van der Waals surface area (Å²) < 4.78 is 12.7. The van der Waals surface area contributed by atoms with E-state index >= 15 is 0 Å². The molecule has 0 aliphatic heterocycles. The number of H-pyrrole nitrogens is 1. The minimum absolute atomic E-state index is 0.461. The fourth-order valence-electron chi connectivity index (χ4n) is 2.28. The quantitative estimate of drug-likeness (QED) is 0.265. The van der Waals surface area contributed by atoms with E-state index in [1.54, 1.807) is 0 Å². The Balaban J connectivity index is 2.00. The van der Waals surface area contributed by atoms with Gasteiger partial charge in [-0.05, 0) is 0 Å². The summed E-state index contributed by atoms with van der Waals surface area (Å²) in [5.41, 5.74) is 15.5. The van der Waals surface area contributed by atoms with Crippen molar-refractivity contribution in [3.05, 3.63) is 57.7 Å². The van der Waals surface area contributed by atoms with Gasteiger partial charge in [-0.2, -0.15) is 0 Å². The maximum atomic E-state index is 5.81. The van der Waals surface area contributed by atoms with E-state index < -0.39 is 26.5 Å². The van der Waals surface area contributed by atoms with Crippen LogP contribution in [0.25, 0.3) is 22.2 Å². The Bertz CT molecular complexity index is 761. The minimum atomic E-state index is -1.89. The molecule has 1 heterocycles. The van der Waals surface area contributed by atoms with Crippen LogP contribution >= 0.6 is 20.4 Å². The van der Waals surface area contributed by atoms with Gasteiger partial charge in [-0.25, -0.2) is 0 Å². The number of aromatic amines is 1. The summed E-state index contributed by atoms with van der Waals surface area (Å²) in [5.74, 6) is 0. The van der Waals surface area contributed by atoms with Crippen LogP contribution in [0.5, 0.6) is 0 Å². The average Bonchev–Trinajstić information content (AvgIpc) is 2.90. The van der Waals surface area contributed by atoms with Crippen molar-refractivity contribution in [1.29, 1.82) is 0 Å². The van der Waals surface area contributed by atoms with Gasteiger partial charge in [0.1, 0.15) is 0 Å². The van der Waals surface area contributed by atoms with Crippen LogP contribution in [0.15, 0.2) is 48.5 Å². The van der Waals surface area contributed by atoms with E-state index in [1.165, 1.54) is 0 Å². The molecule has 0 unspecified atom stereocenters. The molecular weight excluding hydrogens is 377 g/mol. The molecule has 0 aliphatic carbocycles. The number of halogens is 1. The molecule has 1 aromatic heterocycles. The first-order valence-corrected chi connectivity index (χ1v) is 10.0. The van der Waals surface area contributed by atoms with Gasteiger partial charge in [0.15, 0.2) is 0 Å². The van der Waals surface area contributed by atoms with Crippen molar-refractivity contribution in [1.82, 2.24) is 4.98 Å². The third-order valence-electron chi connectivity index (χ3n) is 3.44. The van der Waals surface area contributed by atoms with Crippen LogP contribution in [0.4, 0.5) is 0 Å². The molecule has 0 amide bonds. The molecule has 110 valence electrons. The summed E-state index contributed by atoms with van der Waals surface area (Å²) in [6.45, 7) is 0. The van der Waals surface area contributed by atoms with Crippen LogP contribution in [0, 0.1) is 3.57 Å². The summed E-state index contributed by atoms with van der Waals surface area (Å²) in [4.78, 5) is 3.40. The molecule has 0 bridgehead atoms. The van der Waals surface area contributed by atoms with Crippen LogP contribution in [0.3, 0.4) is 0 Å². The van der Waals surface area contributed by atoms with E-state index in [-0.39, 0.29) is 0 Å². The first-order chi connectivity index (χ1) is 10.0. The first kappa shape index (κ1) is 14.5. The zero-order valence-electron chi connectivity index (χ0n) is 11.4. The van der Waals surface area contributed by atoms with Gasteiger partial charge in [0, 0.05) is 0 Å². The molecular formula is C15H18IN5. The molecule has 0 saturated heterocycles. The topological polar surface area (TPSA) is 120 Å². The molecule has 0 aliphatic rings. The molecule has 0 spiro atoms. The Kier molecular flexibility index (Phi) is 3.96. The number of hydrogen-bond acceptors (Lipinski definition) is 4. The van der Waals surface area contributed by atoms with E-state index in [2.05, 4.69) is 11.1 Å².